The van der Waals surface area contributed by atoms with E-state index in [1.165, 1.54) is 60.3 Å². The van der Waals surface area contributed by atoms with Gasteiger partial charge in [-0.15, -0.1) is 0 Å². The third-order valence-corrected chi connectivity index (χ3v) is 9.26. The lowest BCUT2D eigenvalue weighted by Crippen LogP contribution is -2.21. The number of hydrogen-bond acceptors (Lipinski definition) is 2. The summed E-state index contributed by atoms with van der Waals surface area (Å²) in [5.74, 6) is 1.11. The van der Waals surface area contributed by atoms with Crippen LogP contribution in [0.3, 0.4) is 0 Å². The van der Waals surface area contributed by atoms with E-state index in [0.29, 0.717) is 0 Å². The molecule has 4 nitrogen and oxygen atoms in total. The van der Waals surface area contributed by atoms with Crippen molar-refractivity contribution in [2.75, 3.05) is 6.54 Å². The Morgan fingerprint density at radius 2 is 1.40 bits per heavy atom. The zero-order valence-electron chi connectivity index (χ0n) is 28.6. The Kier molecular flexibility index (Phi) is 9.45. The number of para-hydroxylation sites is 2. The highest BCUT2D eigenvalue weighted by Crippen LogP contribution is 2.40. The molecular formula is C46H42N4. The maximum absolute atomic E-state index is 6.16. The van der Waals surface area contributed by atoms with Crippen molar-refractivity contribution in [3.8, 4) is 0 Å². The van der Waals surface area contributed by atoms with Gasteiger partial charge in [0.05, 0.1) is 22.1 Å². The van der Waals surface area contributed by atoms with Crippen LogP contribution in [0, 0.1) is 0 Å². The summed E-state index contributed by atoms with van der Waals surface area (Å²) in [6, 6.07) is 42.3. The summed E-state index contributed by atoms with van der Waals surface area (Å²) in [7, 11) is 0. The second-order valence-electron chi connectivity index (χ2n) is 12.6. The molecule has 0 bridgehead atoms. The number of nitrogens with two attached hydrogens (primary N) is 1. The number of fused-ring (bicyclic) bond motifs is 7. The highest BCUT2D eigenvalue weighted by molar-refractivity contribution is 6.26. The standard InChI is InChI=1S/C30H25N3.C16H17N/c1-3-4-5-10-19-32-25-13-8-6-11-22(25)23-16-17-27-29(30(23)32)24-12-7-9-14-26(24)33(27)28-18-15-21(2)20-31-28;1-13(14-8-4-2-5-9-14)12-16(17)15-10-6-3-7-11-15/h3-19,31H,1,20H2,2H3;2-12,16H,17H2,1H3/b5-4-,19-10-;13-12+. The quantitative estimate of drug-likeness (QED) is 0.169. The number of nitrogens with zero attached hydrogens (tertiary/aromatic N) is 2. The minimum Gasteiger partial charge on any atom is -0.367 e. The summed E-state index contributed by atoms with van der Waals surface area (Å²) in [5.41, 5.74) is 15.9. The number of hydrogen-bond donors (Lipinski definition) is 2. The van der Waals surface area contributed by atoms with Crippen LogP contribution in [0.25, 0.3) is 61.2 Å². The van der Waals surface area contributed by atoms with Crippen molar-refractivity contribution in [1.29, 1.82) is 0 Å². The molecule has 8 rings (SSSR count). The molecular weight excluding hydrogens is 609 g/mol. The van der Waals surface area contributed by atoms with Crippen LogP contribution in [-0.4, -0.2) is 15.7 Å². The third-order valence-electron chi connectivity index (χ3n) is 9.26. The van der Waals surface area contributed by atoms with E-state index in [4.69, 9.17) is 5.73 Å². The van der Waals surface area contributed by atoms with Crippen molar-refractivity contribution in [2.45, 2.75) is 19.9 Å². The molecule has 0 saturated carbocycles. The molecule has 1 atom stereocenters. The molecule has 3 N–H and O–H groups in total. The van der Waals surface area contributed by atoms with Gasteiger partial charge in [-0.05, 0) is 60.9 Å². The highest BCUT2D eigenvalue weighted by atomic mass is 15.1. The van der Waals surface area contributed by atoms with Crippen LogP contribution < -0.4 is 11.1 Å². The first-order valence-corrected chi connectivity index (χ1v) is 17.1. The Balaban J connectivity index is 0.000000195. The molecule has 50 heavy (non-hydrogen) atoms. The molecule has 4 heteroatoms. The zero-order chi connectivity index (χ0) is 34.5. The van der Waals surface area contributed by atoms with Crippen LogP contribution in [0.5, 0.6) is 0 Å². The largest absolute Gasteiger partial charge is 0.367 e. The summed E-state index contributed by atoms with van der Waals surface area (Å²) in [6.45, 7) is 8.89. The number of benzene rings is 5. The number of allylic oxidation sites excluding steroid dienone is 7. The van der Waals surface area contributed by atoms with Gasteiger partial charge in [0.25, 0.3) is 0 Å². The summed E-state index contributed by atoms with van der Waals surface area (Å²) < 4.78 is 4.68. The lowest BCUT2D eigenvalue weighted by molar-refractivity contribution is 0.885. The first-order chi connectivity index (χ1) is 24.5. The normalized spacial score (nSPS) is 14.2. The molecule has 0 saturated heterocycles. The van der Waals surface area contributed by atoms with E-state index < -0.39 is 0 Å². The minimum absolute atomic E-state index is 0.0450. The Hall–Kier alpha value is -6.10. The van der Waals surface area contributed by atoms with Crippen molar-refractivity contribution in [3.63, 3.8) is 0 Å². The van der Waals surface area contributed by atoms with E-state index in [-0.39, 0.29) is 6.04 Å². The van der Waals surface area contributed by atoms with Crippen LogP contribution in [0.1, 0.15) is 31.0 Å². The molecule has 0 spiro atoms. The Bertz CT molecular complexity index is 2470. The molecule has 1 unspecified atom stereocenters. The van der Waals surface area contributed by atoms with Crippen molar-refractivity contribution in [3.05, 3.63) is 187 Å². The van der Waals surface area contributed by atoms with Crippen LogP contribution in [0.15, 0.2) is 176 Å². The van der Waals surface area contributed by atoms with E-state index in [0.717, 1.165) is 17.9 Å². The van der Waals surface area contributed by atoms with Crippen molar-refractivity contribution < 1.29 is 0 Å². The molecule has 3 heterocycles. The Morgan fingerprint density at radius 3 is 2.12 bits per heavy atom. The summed E-state index contributed by atoms with van der Waals surface area (Å²) >= 11 is 0. The van der Waals surface area contributed by atoms with E-state index in [1.807, 2.05) is 48.6 Å². The van der Waals surface area contributed by atoms with E-state index in [2.05, 4.69) is 150 Å². The lowest BCUT2D eigenvalue weighted by Gasteiger charge is -2.18. The number of nitrogens with one attached hydrogen (secondary N) is 1. The second-order valence-corrected chi connectivity index (χ2v) is 12.6. The van der Waals surface area contributed by atoms with Gasteiger partial charge in [0.2, 0.25) is 0 Å². The third kappa shape index (κ3) is 6.37. The van der Waals surface area contributed by atoms with E-state index >= 15 is 0 Å². The fraction of sp³-hybridized carbons (Fsp3) is 0.0870. The van der Waals surface area contributed by atoms with Crippen LogP contribution in [0.4, 0.5) is 0 Å². The van der Waals surface area contributed by atoms with E-state index in [1.54, 1.807) is 6.08 Å². The maximum Gasteiger partial charge on any atom is 0.111 e. The molecule has 246 valence electrons. The number of aromatic nitrogens is 2. The van der Waals surface area contributed by atoms with Crippen molar-refractivity contribution in [2.24, 2.45) is 5.73 Å². The molecule has 1 aliphatic rings. The molecule has 0 fully saturated rings. The maximum atomic E-state index is 6.16. The Labute approximate surface area is 294 Å². The average Bonchev–Trinajstić information content (AvgIpc) is 3.67. The van der Waals surface area contributed by atoms with Gasteiger partial charge in [0.15, 0.2) is 0 Å². The van der Waals surface area contributed by atoms with Gasteiger partial charge in [-0.25, -0.2) is 0 Å². The highest BCUT2D eigenvalue weighted by Gasteiger charge is 2.20. The summed E-state index contributed by atoms with van der Waals surface area (Å²) in [5, 5.41) is 8.66. The van der Waals surface area contributed by atoms with Gasteiger partial charge >= 0.3 is 0 Å². The minimum atomic E-state index is -0.0450. The lowest BCUT2D eigenvalue weighted by atomic mass is 10.0. The number of dihydropyridines is 1. The molecule has 0 aliphatic carbocycles. The van der Waals surface area contributed by atoms with Crippen LogP contribution >= 0.6 is 0 Å². The predicted octanol–water partition coefficient (Wildman–Crippen LogP) is 11.3. The first kappa shape index (κ1) is 32.4. The monoisotopic (exact) mass is 650 g/mol. The van der Waals surface area contributed by atoms with Crippen LogP contribution in [0.2, 0.25) is 0 Å². The fourth-order valence-electron chi connectivity index (χ4n) is 6.80. The number of rotatable bonds is 7. The van der Waals surface area contributed by atoms with Crippen molar-refractivity contribution >= 4 is 61.2 Å². The second kappa shape index (κ2) is 14.6. The SMILES string of the molecule is C/C(=C\C(N)c1ccccc1)c1ccccc1.C=C/C=C\C=C/n1c2ccccc2c2ccc3c(c4ccccc4n3C3=CC=C(C)CN3)c21. The topological polar surface area (TPSA) is 47.9 Å². The molecule has 0 amide bonds. The molecule has 2 aromatic heterocycles. The Morgan fingerprint density at radius 1 is 0.720 bits per heavy atom. The van der Waals surface area contributed by atoms with Crippen LogP contribution in [-0.2, 0) is 0 Å². The summed E-state index contributed by atoms with van der Waals surface area (Å²) in [6.07, 6.45) is 16.5. The molecule has 7 aromatic rings. The van der Waals surface area contributed by atoms with Gasteiger partial charge in [-0.1, -0.05) is 146 Å². The van der Waals surface area contributed by atoms with Gasteiger partial charge in [-0.2, -0.15) is 0 Å². The first-order valence-electron chi connectivity index (χ1n) is 17.1. The van der Waals surface area contributed by atoms with Gasteiger partial charge in [0.1, 0.15) is 5.82 Å². The van der Waals surface area contributed by atoms with Gasteiger partial charge in [0, 0.05) is 40.3 Å². The smallest absolute Gasteiger partial charge is 0.111 e. The van der Waals surface area contributed by atoms with Crippen molar-refractivity contribution in [1.82, 2.24) is 14.5 Å². The zero-order valence-corrected chi connectivity index (χ0v) is 28.6. The van der Waals surface area contributed by atoms with Gasteiger partial charge < -0.3 is 15.6 Å². The fourth-order valence-corrected chi connectivity index (χ4v) is 6.80. The van der Waals surface area contributed by atoms with Gasteiger partial charge in [-0.3, -0.25) is 4.57 Å². The van der Waals surface area contributed by atoms with E-state index in [9.17, 15) is 0 Å². The summed E-state index contributed by atoms with van der Waals surface area (Å²) in [4.78, 5) is 0. The predicted molar refractivity (Wildman–Crippen MR) is 217 cm³/mol. The average molecular weight is 651 g/mol. The molecule has 1 aliphatic heterocycles. The molecule has 5 aromatic carbocycles. The molecule has 0 radical (unpaired) electrons.